The van der Waals surface area contributed by atoms with Gasteiger partial charge in [-0.1, -0.05) is 12.0 Å². The molecule has 0 unspecified atom stereocenters. The highest BCUT2D eigenvalue weighted by Gasteiger charge is 2.00. The zero-order chi connectivity index (χ0) is 10.4. The Bertz CT molecular complexity index is 368. The third-order valence-corrected chi connectivity index (χ3v) is 1.82. The molecule has 0 fully saturated rings. The molecule has 0 aromatic heterocycles. The molecule has 1 amide bonds. The molecule has 0 spiro atoms. The molecule has 1 aromatic carbocycles. The van der Waals surface area contributed by atoms with Crippen molar-refractivity contribution >= 4 is 23.2 Å². The first-order valence-corrected chi connectivity index (χ1v) is 4.72. The van der Waals surface area contributed by atoms with Gasteiger partial charge >= 0.3 is 0 Å². The van der Waals surface area contributed by atoms with E-state index in [2.05, 4.69) is 11.2 Å². The van der Waals surface area contributed by atoms with Crippen molar-refractivity contribution in [3.05, 3.63) is 29.8 Å². The van der Waals surface area contributed by atoms with Crippen LogP contribution in [-0.2, 0) is 4.79 Å². The summed E-state index contributed by atoms with van der Waals surface area (Å²) in [6.07, 6.45) is 5.53. The van der Waals surface area contributed by atoms with Gasteiger partial charge in [-0.25, -0.2) is 0 Å². The van der Waals surface area contributed by atoms with Gasteiger partial charge in [-0.2, -0.15) is 0 Å². The molecule has 0 radical (unpaired) electrons. The minimum Gasteiger partial charge on any atom is -0.326 e. The standard InChI is InChI=1S/C11H10ClNO/c1-2-9-4-3-5-10(8-9)13-11(14)6-7-12/h1,3-5,8H,6-7H2,(H,13,14). The largest absolute Gasteiger partial charge is 0.326 e. The Morgan fingerprint density at radius 3 is 3.00 bits per heavy atom. The Labute approximate surface area is 88.3 Å². The molecule has 0 bridgehead atoms. The van der Waals surface area contributed by atoms with Crippen LogP contribution < -0.4 is 5.32 Å². The zero-order valence-electron chi connectivity index (χ0n) is 7.59. The highest BCUT2D eigenvalue weighted by molar-refractivity contribution is 6.19. The Hall–Kier alpha value is -1.46. The fraction of sp³-hybridized carbons (Fsp3) is 0.182. The normalized spacial score (nSPS) is 9.14. The second kappa shape index (κ2) is 5.31. The molecule has 1 aromatic rings. The lowest BCUT2D eigenvalue weighted by Crippen LogP contribution is -2.11. The summed E-state index contributed by atoms with van der Waals surface area (Å²) < 4.78 is 0. The molecule has 0 aliphatic carbocycles. The number of benzene rings is 1. The number of amides is 1. The lowest BCUT2D eigenvalue weighted by atomic mass is 10.2. The maximum absolute atomic E-state index is 11.2. The van der Waals surface area contributed by atoms with Crippen molar-refractivity contribution in [2.24, 2.45) is 0 Å². The molecule has 0 heterocycles. The van der Waals surface area contributed by atoms with Gasteiger partial charge in [0.05, 0.1) is 0 Å². The number of nitrogens with one attached hydrogen (secondary N) is 1. The van der Waals surface area contributed by atoms with Crippen LogP contribution in [0.25, 0.3) is 0 Å². The van der Waals surface area contributed by atoms with Crippen LogP contribution in [0.2, 0.25) is 0 Å². The van der Waals surface area contributed by atoms with Crippen LogP contribution in [-0.4, -0.2) is 11.8 Å². The summed E-state index contributed by atoms with van der Waals surface area (Å²) in [4.78, 5) is 11.2. The first-order valence-electron chi connectivity index (χ1n) is 4.18. The topological polar surface area (TPSA) is 29.1 Å². The van der Waals surface area contributed by atoms with E-state index >= 15 is 0 Å². The Kier molecular flexibility index (Phi) is 4.03. The summed E-state index contributed by atoms with van der Waals surface area (Å²) in [5.41, 5.74) is 1.45. The van der Waals surface area contributed by atoms with Crippen molar-refractivity contribution in [2.75, 3.05) is 11.2 Å². The average Bonchev–Trinajstić information content (AvgIpc) is 2.18. The molecule has 1 rings (SSSR count). The Balaban J connectivity index is 2.68. The van der Waals surface area contributed by atoms with Gasteiger partial charge in [0.25, 0.3) is 0 Å². The lowest BCUT2D eigenvalue weighted by molar-refractivity contribution is -0.115. The monoisotopic (exact) mass is 207 g/mol. The van der Waals surface area contributed by atoms with E-state index in [0.29, 0.717) is 18.0 Å². The van der Waals surface area contributed by atoms with Gasteiger partial charge in [-0.3, -0.25) is 4.79 Å². The highest BCUT2D eigenvalue weighted by Crippen LogP contribution is 2.09. The summed E-state index contributed by atoms with van der Waals surface area (Å²) in [5, 5.41) is 2.70. The van der Waals surface area contributed by atoms with Gasteiger partial charge in [0.1, 0.15) is 0 Å². The number of terminal acetylenes is 1. The van der Waals surface area contributed by atoms with Crippen molar-refractivity contribution < 1.29 is 4.79 Å². The minimum absolute atomic E-state index is 0.103. The van der Waals surface area contributed by atoms with Crippen molar-refractivity contribution in [1.82, 2.24) is 0 Å². The fourth-order valence-electron chi connectivity index (χ4n) is 0.996. The lowest BCUT2D eigenvalue weighted by Gasteiger charge is -2.03. The average molecular weight is 208 g/mol. The fourth-order valence-corrected chi connectivity index (χ4v) is 1.17. The Morgan fingerprint density at radius 1 is 1.57 bits per heavy atom. The van der Waals surface area contributed by atoms with Gasteiger partial charge in [0, 0.05) is 23.6 Å². The van der Waals surface area contributed by atoms with E-state index in [1.807, 2.05) is 0 Å². The summed E-state index contributed by atoms with van der Waals surface area (Å²) in [5.74, 6) is 2.71. The number of anilines is 1. The molecule has 14 heavy (non-hydrogen) atoms. The van der Waals surface area contributed by atoms with Gasteiger partial charge in [0.15, 0.2) is 0 Å². The van der Waals surface area contributed by atoms with Crippen LogP contribution in [0, 0.1) is 12.3 Å². The van der Waals surface area contributed by atoms with E-state index in [4.69, 9.17) is 18.0 Å². The van der Waals surface area contributed by atoms with E-state index < -0.39 is 0 Å². The third-order valence-electron chi connectivity index (χ3n) is 1.63. The summed E-state index contributed by atoms with van der Waals surface area (Å²) in [6.45, 7) is 0. The molecular formula is C11H10ClNO. The number of hydrogen-bond acceptors (Lipinski definition) is 1. The predicted molar refractivity (Wildman–Crippen MR) is 58.3 cm³/mol. The molecule has 2 nitrogen and oxygen atoms in total. The van der Waals surface area contributed by atoms with Crippen LogP contribution in [0.1, 0.15) is 12.0 Å². The van der Waals surface area contributed by atoms with Crippen LogP contribution >= 0.6 is 11.6 Å². The SMILES string of the molecule is C#Cc1cccc(NC(=O)CCCl)c1. The summed E-state index contributed by atoms with van der Waals surface area (Å²) >= 11 is 5.43. The van der Waals surface area contributed by atoms with Gasteiger partial charge in [-0.05, 0) is 18.2 Å². The summed E-state index contributed by atoms with van der Waals surface area (Å²) in [7, 11) is 0. The molecule has 0 atom stereocenters. The first-order chi connectivity index (χ1) is 6.76. The zero-order valence-corrected chi connectivity index (χ0v) is 8.34. The second-order valence-electron chi connectivity index (χ2n) is 2.71. The summed E-state index contributed by atoms with van der Waals surface area (Å²) in [6, 6.07) is 7.13. The maximum atomic E-state index is 11.2. The maximum Gasteiger partial charge on any atom is 0.225 e. The van der Waals surface area contributed by atoms with Crippen molar-refractivity contribution in [3.63, 3.8) is 0 Å². The molecule has 0 saturated heterocycles. The van der Waals surface area contributed by atoms with Gasteiger partial charge in [0.2, 0.25) is 5.91 Å². The predicted octanol–water partition coefficient (Wildman–Crippen LogP) is 2.24. The number of rotatable bonds is 3. The van der Waals surface area contributed by atoms with Gasteiger partial charge < -0.3 is 5.32 Å². The molecule has 0 saturated carbocycles. The van der Waals surface area contributed by atoms with E-state index in [1.165, 1.54) is 0 Å². The number of carbonyl (C=O) groups excluding carboxylic acids is 1. The van der Waals surface area contributed by atoms with Crippen LogP contribution in [0.15, 0.2) is 24.3 Å². The van der Waals surface area contributed by atoms with E-state index in [-0.39, 0.29) is 5.91 Å². The van der Waals surface area contributed by atoms with Crippen molar-refractivity contribution in [3.8, 4) is 12.3 Å². The molecule has 1 N–H and O–H groups in total. The number of hydrogen-bond donors (Lipinski definition) is 1. The smallest absolute Gasteiger partial charge is 0.225 e. The molecule has 0 aliphatic rings. The van der Waals surface area contributed by atoms with Crippen LogP contribution in [0.5, 0.6) is 0 Å². The van der Waals surface area contributed by atoms with Gasteiger partial charge in [-0.15, -0.1) is 18.0 Å². The van der Waals surface area contributed by atoms with Crippen LogP contribution in [0.4, 0.5) is 5.69 Å². The molecule has 3 heteroatoms. The first kappa shape index (κ1) is 10.6. The molecule has 72 valence electrons. The van der Waals surface area contributed by atoms with E-state index in [9.17, 15) is 4.79 Å². The van der Waals surface area contributed by atoms with Crippen molar-refractivity contribution in [2.45, 2.75) is 6.42 Å². The van der Waals surface area contributed by atoms with E-state index in [1.54, 1.807) is 24.3 Å². The molecule has 0 aliphatic heterocycles. The molecular weight excluding hydrogens is 198 g/mol. The van der Waals surface area contributed by atoms with E-state index in [0.717, 1.165) is 5.56 Å². The highest BCUT2D eigenvalue weighted by atomic mass is 35.5. The van der Waals surface area contributed by atoms with Crippen LogP contribution in [0.3, 0.4) is 0 Å². The third kappa shape index (κ3) is 3.12. The quantitative estimate of drug-likeness (QED) is 0.598. The number of carbonyl (C=O) groups is 1. The number of alkyl halides is 1. The second-order valence-corrected chi connectivity index (χ2v) is 3.09. The Morgan fingerprint density at radius 2 is 2.36 bits per heavy atom. The number of halogens is 1. The minimum atomic E-state index is -0.103. The van der Waals surface area contributed by atoms with Crippen molar-refractivity contribution in [1.29, 1.82) is 0 Å².